The molecule has 0 unspecified atom stereocenters. The van der Waals surface area contributed by atoms with E-state index in [0.29, 0.717) is 18.0 Å². The van der Waals surface area contributed by atoms with Crippen molar-refractivity contribution < 1.29 is 8.42 Å². The van der Waals surface area contributed by atoms with Gasteiger partial charge in [0.25, 0.3) is 0 Å². The van der Waals surface area contributed by atoms with Crippen molar-refractivity contribution in [3.8, 4) is 0 Å². The molecule has 0 saturated heterocycles. The van der Waals surface area contributed by atoms with Gasteiger partial charge in [-0.15, -0.1) is 11.3 Å². The fourth-order valence-corrected chi connectivity index (χ4v) is 3.88. The van der Waals surface area contributed by atoms with Crippen LogP contribution in [0.5, 0.6) is 0 Å². The summed E-state index contributed by atoms with van der Waals surface area (Å²) in [6, 6.07) is 1.71. The molecule has 0 amide bonds. The fourth-order valence-electron chi connectivity index (χ4n) is 1.13. The Morgan fingerprint density at radius 1 is 1.50 bits per heavy atom. The van der Waals surface area contributed by atoms with Gasteiger partial charge >= 0.3 is 0 Å². The second-order valence-electron chi connectivity index (χ2n) is 3.17. The van der Waals surface area contributed by atoms with E-state index >= 15 is 0 Å². The molecule has 0 aliphatic carbocycles. The van der Waals surface area contributed by atoms with Gasteiger partial charge in [0, 0.05) is 29.1 Å². The van der Waals surface area contributed by atoms with E-state index in [-0.39, 0.29) is 0 Å². The van der Waals surface area contributed by atoms with Crippen LogP contribution in [0.4, 0.5) is 0 Å². The highest BCUT2D eigenvalue weighted by atomic mass is 32.2. The summed E-state index contributed by atoms with van der Waals surface area (Å²) in [5.74, 6) is 0.784. The maximum atomic E-state index is 11.8. The highest BCUT2D eigenvalue weighted by Crippen LogP contribution is 2.18. The van der Waals surface area contributed by atoms with Crippen molar-refractivity contribution in [1.29, 1.82) is 0 Å². The van der Waals surface area contributed by atoms with Crippen molar-refractivity contribution in [3.63, 3.8) is 0 Å². The lowest BCUT2D eigenvalue weighted by Crippen LogP contribution is -2.25. The van der Waals surface area contributed by atoms with Crippen LogP contribution >= 0.6 is 23.1 Å². The summed E-state index contributed by atoms with van der Waals surface area (Å²) in [4.78, 5) is 1.39. The normalized spacial score (nSPS) is 11.9. The van der Waals surface area contributed by atoms with Gasteiger partial charge in [-0.25, -0.2) is 13.1 Å². The first-order chi connectivity index (χ1) is 7.60. The largest absolute Gasteiger partial charge is 0.315 e. The van der Waals surface area contributed by atoms with Crippen molar-refractivity contribution in [2.75, 3.05) is 25.6 Å². The molecule has 0 aromatic carbocycles. The second-order valence-corrected chi connectivity index (χ2v) is 6.92. The Morgan fingerprint density at radius 3 is 2.88 bits per heavy atom. The summed E-state index contributed by atoms with van der Waals surface area (Å²) in [6.07, 6.45) is 1.95. The van der Waals surface area contributed by atoms with Crippen LogP contribution in [-0.4, -0.2) is 34.0 Å². The van der Waals surface area contributed by atoms with E-state index in [1.54, 1.807) is 23.2 Å². The highest BCUT2D eigenvalue weighted by molar-refractivity contribution is 7.98. The highest BCUT2D eigenvalue weighted by Gasteiger charge is 2.14. The molecule has 1 heterocycles. The molecule has 2 N–H and O–H groups in total. The standard InChI is InChI=1S/C9H16N2O2S3/c1-10-6-8-5-9(7-15-8)16(12,13)11-3-4-14-2/h5,7,10-11H,3-4,6H2,1-2H3. The van der Waals surface area contributed by atoms with Crippen LogP contribution < -0.4 is 10.0 Å². The topological polar surface area (TPSA) is 58.2 Å². The third kappa shape index (κ3) is 4.06. The molecule has 1 aromatic heterocycles. The Bertz CT molecular complexity index is 414. The van der Waals surface area contributed by atoms with E-state index in [0.717, 1.165) is 10.6 Å². The molecule has 0 radical (unpaired) electrons. The molecule has 1 rings (SSSR count). The minimum absolute atomic E-state index is 0.365. The molecular weight excluding hydrogens is 264 g/mol. The predicted molar refractivity (Wildman–Crippen MR) is 70.7 cm³/mol. The zero-order valence-corrected chi connectivity index (χ0v) is 11.8. The van der Waals surface area contributed by atoms with E-state index in [2.05, 4.69) is 10.0 Å². The SMILES string of the molecule is CNCc1cc(S(=O)(=O)NCCSC)cs1. The fraction of sp³-hybridized carbons (Fsp3) is 0.556. The van der Waals surface area contributed by atoms with Crippen LogP contribution in [0.15, 0.2) is 16.3 Å². The Balaban J connectivity index is 2.66. The van der Waals surface area contributed by atoms with Gasteiger partial charge in [-0.3, -0.25) is 0 Å². The Labute approximate surface area is 105 Å². The lowest BCUT2D eigenvalue weighted by atomic mass is 10.5. The molecule has 16 heavy (non-hydrogen) atoms. The summed E-state index contributed by atoms with van der Waals surface area (Å²) in [5.41, 5.74) is 0. The van der Waals surface area contributed by atoms with E-state index in [1.807, 2.05) is 13.3 Å². The summed E-state index contributed by atoms with van der Waals surface area (Å²) >= 11 is 3.07. The summed E-state index contributed by atoms with van der Waals surface area (Å²) in [6.45, 7) is 1.17. The smallest absolute Gasteiger partial charge is 0.241 e. The number of nitrogens with one attached hydrogen (secondary N) is 2. The Kier molecular flexibility index (Phi) is 5.77. The minimum atomic E-state index is -3.31. The third-order valence-electron chi connectivity index (χ3n) is 1.89. The van der Waals surface area contributed by atoms with Gasteiger partial charge < -0.3 is 5.32 Å². The van der Waals surface area contributed by atoms with Gasteiger partial charge in [0.15, 0.2) is 0 Å². The van der Waals surface area contributed by atoms with Crippen LogP contribution in [0, 0.1) is 0 Å². The molecule has 0 bridgehead atoms. The number of sulfonamides is 1. The van der Waals surface area contributed by atoms with Crippen LogP contribution in [-0.2, 0) is 16.6 Å². The van der Waals surface area contributed by atoms with E-state index in [9.17, 15) is 8.42 Å². The molecule has 0 fully saturated rings. The quantitative estimate of drug-likeness (QED) is 0.735. The van der Waals surface area contributed by atoms with Crippen molar-refractivity contribution >= 4 is 33.1 Å². The van der Waals surface area contributed by atoms with Gasteiger partial charge in [-0.1, -0.05) is 0 Å². The second kappa shape index (κ2) is 6.61. The minimum Gasteiger partial charge on any atom is -0.315 e. The molecule has 7 heteroatoms. The van der Waals surface area contributed by atoms with Gasteiger partial charge in [0.1, 0.15) is 0 Å². The maximum Gasteiger partial charge on any atom is 0.241 e. The van der Waals surface area contributed by atoms with Gasteiger partial charge in [-0.05, 0) is 19.4 Å². The van der Waals surface area contributed by atoms with Crippen molar-refractivity contribution in [1.82, 2.24) is 10.0 Å². The zero-order chi connectivity index (χ0) is 12.0. The number of hydrogen-bond acceptors (Lipinski definition) is 5. The predicted octanol–water partition coefficient (Wildman–Crippen LogP) is 1.11. The summed E-state index contributed by atoms with van der Waals surface area (Å²) in [7, 11) is -1.47. The lowest BCUT2D eigenvalue weighted by molar-refractivity contribution is 0.584. The first kappa shape index (κ1) is 14.0. The molecule has 0 atom stereocenters. The number of hydrogen-bond donors (Lipinski definition) is 2. The summed E-state index contributed by atoms with van der Waals surface area (Å²) in [5, 5.41) is 4.67. The maximum absolute atomic E-state index is 11.8. The average molecular weight is 280 g/mol. The number of thioether (sulfide) groups is 1. The van der Waals surface area contributed by atoms with Crippen LogP contribution in [0.25, 0.3) is 0 Å². The molecular formula is C9H16N2O2S3. The van der Waals surface area contributed by atoms with E-state index in [1.165, 1.54) is 11.3 Å². The van der Waals surface area contributed by atoms with E-state index < -0.39 is 10.0 Å². The van der Waals surface area contributed by atoms with Gasteiger partial charge in [0.2, 0.25) is 10.0 Å². The summed E-state index contributed by atoms with van der Waals surface area (Å²) < 4.78 is 26.2. The lowest BCUT2D eigenvalue weighted by Gasteiger charge is -2.03. The third-order valence-corrected chi connectivity index (χ3v) is 5.03. The molecule has 0 spiro atoms. The first-order valence-corrected chi connectivity index (χ1v) is 8.56. The number of thiophene rings is 1. The van der Waals surface area contributed by atoms with Gasteiger partial charge in [0.05, 0.1) is 4.90 Å². The molecule has 92 valence electrons. The Hall–Kier alpha value is -0.0800. The molecule has 0 aliphatic rings. The Morgan fingerprint density at radius 2 is 2.25 bits per heavy atom. The van der Waals surface area contributed by atoms with Gasteiger partial charge in [-0.2, -0.15) is 11.8 Å². The van der Waals surface area contributed by atoms with Crippen LogP contribution in [0.3, 0.4) is 0 Å². The molecule has 4 nitrogen and oxygen atoms in total. The monoisotopic (exact) mass is 280 g/mol. The average Bonchev–Trinajstić information content (AvgIpc) is 2.68. The van der Waals surface area contributed by atoms with Crippen molar-refractivity contribution in [2.45, 2.75) is 11.4 Å². The van der Waals surface area contributed by atoms with Crippen molar-refractivity contribution in [3.05, 3.63) is 16.3 Å². The molecule has 0 saturated carbocycles. The van der Waals surface area contributed by atoms with Crippen molar-refractivity contribution in [2.24, 2.45) is 0 Å². The van der Waals surface area contributed by atoms with Crippen LogP contribution in [0.1, 0.15) is 4.88 Å². The van der Waals surface area contributed by atoms with Crippen LogP contribution in [0.2, 0.25) is 0 Å². The molecule has 1 aromatic rings. The number of rotatable bonds is 7. The van der Waals surface area contributed by atoms with E-state index in [4.69, 9.17) is 0 Å². The first-order valence-electron chi connectivity index (χ1n) is 4.81. The zero-order valence-electron chi connectivity index (χ0n) is 9.32. The molecule has 0 aliphatic heterocycles.